The zero-order valence-corrected chi connectivity index (χ0v) is 15.0. The van der Waals surface area contributed by atoms with Crippen molar-refractivity contribution < 1.29 is 19.4 Å². The van der Waals surface area contributed by atoms with E-state index in [0.29, 0.717) is 17.9 Å². The number of aliphatic hydroxyl groups excluding tert-OH is 1. The minimum absolute atomic E-state index is 0.0111. The highest BCUT2D eigenvalue weighted by atomic mass is 32.2. The van der Waals surface area contributed by atoms with Gasteiger partial charge in [-0.15, -0.1) is 0 Å². The van der Waals surface area contributed by atoms with Crippen LogP contribution in [0.3, 0.4) is 0 Å². The number of carbonyl (C=O) groups excluding carboxylic acids is 2. The number of hydrogen-bond donors (Lipinski definition) is 2. The van der Waals surface area contributed by atoms with Crippen molar-refractivity contribution >= 4 is 34.5 Å². The molecule has 0 aromatic heterocycles. The van der Waals surface area contributed by atoms with Crippen LogP contribution >= 0.6 is 11.8 Å². The van der Waals surface area contributed by atoms with E-state index < -0.39 is 17.7 Å². The number of nitrogens with one attached hydrogen (secondary N) is 1. The molecule has 2 aliphatic rings. The number of urea groups is 1. The third kappa shape index (κ3) is 3.12. The summed E-state index contributed by atoms with van der Waals surface area (Å²) in [6.45, 7) is -0.0538. The molecule has 2 N–H and O–H groups in total. The lowest BCUT2D eigenvalue weighted by molar-refractivity contribution is -0.131. The normalized spacial score (nSPS) is 23.7. The van der Waals surface area contributed by atoms with E-state index in [2.05, 4.69) is 5.32 Å². The SMILES string of the molecule is O=C1N[C@@]2(CCSC2)C(=O)N1C[C@H](O)COc1ccc2ccccc2c1. The van der Waals surface area contributed by atoms with Gasteiger partial charge in [0.05, 0.1) is 6.54 Å². The smallest absolute Gasteiger partial charge is 0.325 e. The maximum Gasteiger partial charge on any atom is 0.325 e. The van der Waals surface area contributed by atoms with Crippen molar-refractivity contribution in [2.45, 2.75) is 18.1 Å². The second-order valence-corrected chi connectivity index (χ2v) is 7.81. The Bertz CT molecular complexity index is 850. The summed E-state index contributed by atoms with van der Waals surface area (Å²) in [5, 5.41) is 15.2. The highest BCUT2D eigenvalue weighted by molar-refractivity contribution is 7.99. The van der Waals surface area contributed by atoms with Crippen molar-refractivity contribution in [1.29, 1.82) is 0 Å². The van der Waals surface area contributed by atoms with Crippen LogP contribution in [-0.2, 0) is 4.79 Å². The second-order valence-electron chi connectivity index (χ2n) is 6.70. The number of imide groups is 1. The molecule has 2 aliphatic heterocycles. The molecule has 136 valence electrons. The number of hydrogen-bond acceptors (Lipinski definition) is 5. The molecular weight excluding hydrogens is 352 g/mol. The van der Waals surface area contributed by atoms with Crippen LogP contribution in [0, 0.1) is 0 Å². The first-order chi connectivity index (χ1) is 12.6. The molecule has 2 saturated heterocycles. The van der Waals surface area contributed by atoms with Gasteiger partial charge in [0.15, 0.2) is 0 Å². The molecule has 2 aromatic rings. The Balaban J connectivity index is 1.37. The van der Waals surface area contributed by atoms with Crippen molar-refractivity contribution in [1.82, 2.24) is 10.2 Å². The molecule has 7 heteroatoms. The van der Waals surface area contributed by atoms with Crippen LogP contribution in [0.15, 0.2) is 42.5 Å². The number of thioether (sulfide) groups is 1. The van der Waals surface area contributed by atoms with E-state index in [1.54, 1.807) is 11.8 Å². The fraction of sp³-hybridized carbons (Fsp3) is 0.368. The summed E-state index contributed by atoms with van der Waals surface area (Å²) >= 11 is 1.66. The lowest BCUT2D eigenvalue weighted by atomic mass is 9.99. The number of fused-ring (bicyclic) bond motifs is 1. The van der Waals surface area contributed by atoms with Gasteiger partial charge in [-0.05, 0) is 35.1 Å². The maximum absolute atomic E-state index is 12.6. The van der Waals surface area contributed by atoms with E-state index in [9.17, 15) is 14.7 Å². The molecule has 6 nitrogen and oxygen atoms in total. The highest BCUT2D eigenvalue weighted by Gasteiger charge is 2.53. The van der Waals surface area contributed by atoms with Crippen LogP contribution < -0.4 is 10.1 Å². The predicted octanol–water partition coefficient (Wildman–Crippen LogP) is 2.01. The Kier molecular flexibility index (Phi) is 4.50. The van der Waals surface area contributed by atoms with Crippen LogP contribution in [0.4, 0.5) is 4.79 Å². The number of nitrogens with zero attached hydrogens (tertiary/aromatic N) is 1. The molecule has 1 spiro atoms. The van der Waals surface area contributed by atoms with Gasteiger partial charge in [0.25, 0.3) is 5.91 Å². The zero-order valence-electron chi connectivity index (χ0n) is 14.2. The molecule has 4 rings (SSSR count). The number of benzene rings is 2. The van der Waals surface area contributed by atoms with E-state index in [4.69, 9.17) is 4.74 Å². The number of rotatable bonds is 5. The summed E-state index contributed by atoms with van der Waals surface area (Å²) in [5.74, 6) is 1.85. The Morgan fingerprint density at radius 1 is 1.23 bits per heavy atom. The molecule has 3 amide bonds. The molecule has 0 radical (unpaired) electrons. The van der Waals surface area contributed by atoms with E-state index in [0.717, 1.165) is 21.4 Å². The fourth-order valence-electron chi connectivity index (χ4n) is 3.39. The fourth-order valence-corrected chi connectivity index (χ4v) is 4.71. The topological polar surface area (TPSA) is 78.9 Å². The van der Waals surface area contributed by atoms with E-state index in [1.165, 1.54) is 0 Å². The number of aliphatic hydroxyl groups is 1. The predicted molar refractivity (Wildman–Crippen MR) is 100 cm³/mol. The second kappa shape index (κ2) is 6.81. The van der Waals surface area contributed by atoms with Gasteiger partial charge in [0.2, 0.25) is 0 Å². The zero-order chi connectivity index (χ0) is 18.1. The molecule has 2 atom stereocenters. The Labute approximate surface area is 155 Å². The average molecular weight is 372 g/mol. The van der Waals surface area contributed by atoms with Crippen molar-refractivity contribution in [2.75, 3.05) is 24.7 Å². The lowest BCUT2D eigenvalue weighted by Gasteiger charge is -2.21. The van der Waals surface area contributed by atoms with Gasteiger partial charge in [0.1, 0.15) is 24.0 Å². The number of amides is 3. The lowest BCUT2D eigenvalue weighted by Crippen LogP contribution is -2.47. The molecule has 0 bridgehead atoms. The van der Waals surface area contributed by atoms with Gasteiger partial charge in [-0.2, -0.15) is 11.8 Å². The quantitative estimate of drug-likeness (QED) is 0.785. The van der Waals surface area contributed by atoms with Crippen LogP contribution in [-0.4, -0.2) is 58.2 Å². The van der Waals surface area contributed by atoms with Gasteiger partial charge in [-0.25, -0.2) is 4.79 Å². The largest absolute Gasteiger partial charge is 0.491 e. The van der Waals surface area contributed by atoms with Gasteiger partial charge in [0, 0.05) is 5.75 Å². The van der Waals surface area contributed by atoms with E-state index in [1.807, 2.05) is 42.5 Å². The van der Waals surface area contributed by atoms with Crippen molar-refractivity contribution in [3.8, 4) is 5.75 Å². The van der Waals surface area contributed by atoms with Crippen LogP contribution in [0.5, 0.6) is 5.75 Å². The number of carbonyl (C=O) groups is 2. The van der Waals surface area contributed by atoms with Crippen molar-refractivity contribution in [3.05, 3.63) is 42.5 Å². The number of β-amino-alcohol motifs (C(OH)–C–C–N with tert-alkyl or cyclic N) is 1. The third-order valence-electron chi connectivity index (χ3n) is 4.82. The molecule has 2 aromatic carbocycles. The summed E-state index contributed by atoms with van der Waals surface area (Å²) in [4.78, 5) is 25.8. The summed E-state index contributed by atoms with van der Waals surface area (Å²) in [6.07, 6.45) is -0.303. The Morgan fingerprint density at radius 2 is 2.04 bits per heavy atom. The summed E-state index contributed by atoms with van der Waals surface area (Å²) in [7, 11) is 0. The average Bonchev–Trinajstić information content (AvgIpc) is 3.21. The molecule has 26 heavy (non-hydrogen) atoms. The summed E-state index contributed by atoms with van der Waals surface area (Å²) < 4.78 is 5.65. The van der Waals surface area contributed by atoms with Crippen LogP contribution in [0.25, 0.3) is 10.8 Å². The van der Waals surface area contributed by atoms with Gasteiger partial charge in [-0.3, -0.25) is 9.69 Å². The minimum Gasteiger partial charge on any atom is -0.491 e. The van der Waals surface area contributed by atoms with Gasteiger partial charge < -0.3 is 15.2 Å². The Morgan fingerprint density at radius 3 is 2.81 bits per heavy atom. The van der Waals surface area contributed by atoms with Crippen LogP contribution in [0.1, 0.15) is 6.42 Å². The monoisotopic (exact) mass is 372 g/mol. The molecule has 2 fully saturated rings. The third-order valence-corrected chi connectivity index (χ3v) is 6.01. The molecule has 2 heterocycles. The molecular formula is C19H20N2O4S. The summed E-state index contributed by atoms with van der Waals surface area (Å²) in [5.41, 5.74) is -0.777. The highest BCUT2D eigenvalue weighted by Crippen LogP contribution is 2.33. The molecule has 0 saturated carbocycles. The first-order valence-electron chi connectivity index (χ1n) is 8.59. The maximum atomic E-state index is 12.6. The first kappa shape index (κ1) is 17.2. The molecule has 0 unspecified atom stereocenters. The van der Waals surface area contributed by atoms with Crippen LogP contribution in [0.2, 0.25) is 0 Å². The molecule has 0 aliphatic carbocycles. The van der Waals surface area contributed by atoms with Gasteiger partial charge >= 0.3 is 6.03 Å². The van der Waals surface area contributed by atoms with Crippen molar-refractivity contribution in [3.63, 3.8) is 0 Å². The standard InChI is InChI=1S/C19H20N2O4S/c22-15(10-21-17(23)19(20-18(21)24)7-8-26-12-19)11-25-16-6-5-13-3-1-2-4-14(13)9-16/h1-6,9,15,22H,7-8,10-12H2,(H,20,24)/t15-,19+/m0/s1. The minimum atomic E-state index is -0.944. The first-order valence-corrected chi connectivity index (χ1v) is 9.74. The van der Waals surface area contributed by atoms with E-state index >= 15 is 0 Å². The Hall–Kier alpha value is -2.25. The van der Waals surface area contributed by atoms with Crippen molar-refractivity contribution in [2.24, 2.45) is 0 Å². The number of ether oxygens (including phenoxy) is 1. The van der Waals surface area contributed by atoms with Gasteiger partial charge in [-0.1, -0.05) is 30.3 Å². The van der Waals surface area contributed by atoms with E-state index in [-0.39, 0.29) is 19.1 Å². The summed E-state index contributed by atoms with van der Waals surface area (Å²) in [6, 6.07) is 13.2.